The van der Waals surface area contributed by atoms with E-state index >= 15 is 0 Å². The third kappa shape index (κ3) is 2.90. The number of nitrogens with one attached hydrogen (secondary N) is 1. The molecule has 0 bridgehead atoms. The average Bonchev–Trinajstić information content (AvgIpc) is 3.09. The zero-order chi connectivity index (χ0) is 21.0. The van der Waals surface area contributed by atoms with Crippen LogP contribution in [0.25, 0.3) is 0 Å². The Balaban J connectivity index is 1.60. The van der Waals surface area contributed by atoms with Crippen molar-refractivity contribution < 1.29 is 0 Å². The lowest BCUT2D eigenvalue weighted by molar-refractivity contribution is 0.394. The van der Waals surface area contributed by atoms with Gasteiger partial charge in [-0.25, -0.2) is 0 Å². The summed E-state index contributed by atoms with van der Waals surface area (Å²) >= 11 is 0. The van der Waals surface area contributed by atoms with E-state index in [0.717, 1.165) is 11.5 Å². The van der Waals surface area contributed by atoms with Gasteiger partial charge in [0.05, 0.1) is 22.7 Å². The first-order valence-corrected chi connectivity index (χ1v) is 14.6. The van der Waals surface area contributed by atoms with Crippen molar-refractivity contribution in [2.45, 2.75) is 45.8 Å². The molecule has 1 aliphatic heterocycles. The number of allylic oxidation sites excluding steroid dienone is 4. The van der Waals surface area contributed by atoms with Gasteiger partial charge in [0.15, 0.2) is 8.24 Å². The average molecular weight is 415 g/mol. The molecule has 3 aliphatic rings. The molecule has 5 rings (SSSR count). The number of hydrogen-bond acceptors (Lipinski definition) is 2. The van der Waals surface area contributed by atoms with Crippen LogP contribution in [0.4, 0.5) is 22.7 Å². The first-order valence-electron chi connectivity index (χ1n) is 11.5. The minimum Gasteiger partial charge on any atom is -0.366 e. The number of benzene rings is 2. The highest BCUT2D eigenvalue weighted by Crippen LogP contribution is 2.58. The Bertz CT molecular complexity index is 974. The van der Waals surface area contributed by atoms with E-state index in [2.05, 4.69) is 111 Å². The van der Waals surface area contributed by atoms with Gasteiger partial charge in [0.1, 0.15) is 0 Å². The Morgan fingerprint density at radius 1 is 0.967 bits per heavy atom. The second-order valence-corrected chi connectivity index (χ2v) is 14.8. The summed E-state index contributed by atoms with van der Waals surface area (Å²) in [6.45, 7) is 12.4. The van der Waals surface area contributed by atoms with Crippen molar-refractivity contribution in [2.24, 2.45) is 23.7 Å². The van der Waals surface area contributed by atoms with E-state index in [1.165, 1.54) is 29.2 Å². The number of hydrogen-bond donors (Lipinski definition) is 1. The van der Waals surface area contributed by atoms with Gasteiger partial charge in [-0.3, -0.25) is 0 Å². The maximum atomic E-state index is 3.68. The number of para-hydroxylation sites is 4. The lowest BCUT2D eigenvalue weighted by Crippen LogP contribution is -2.52. The molecule has 1 unspecified atom stereocenters. The summed E-state index contributed by atoms with van der Waals surface area (Å²) in [5.74, 6) is 2.76. The molecule has 30 heavy (non-hydrogen) atoms. The molecule has 4 atom stereocenters. The third-order valence-electron chi connectivity index (χ3n) is 7.83. The molecule has 1 saturated carbocycles. The van der Waals surface area contributed by atoms with Gasteiger partial charge in [0.25, 0.3) is 0 Å². The summed E-state index contributed by atoms with van der Waals surface area (Å²) in [6.07, 6.45) is 8.64. The van der Waals surface area contributed by atoms with Crippen LogP contribution in [-0.4, -0.2) is 8.24 Å². The highest BCUT2D eigenvalue weighted by molar-refractivity contribution is 6.84. The zero-order valence-corrected chi connectivity index (χ0v) is 19.9. The molecular weight excluding hydrogens is 380 g/mol. The van der Waals surface area contributed by atoms with Gasteiger partial charge in [0.2, 0.25) is 0 Å². The lowest BCUT2D eigenvalue weighted by atomic mass is 9.76. The third-order valence-corrected chi connectivity index (χ3v) is 11.9. The Morgan fingerprint density at radius 3 is 2.17 bits per heavy atom. The topological polar surface area (TPSA) is 15.3 Å². The molecular formula is C27H34N2Si. The first kappa shape index (κ1) is 19.7. The number of fused-ring (bicyclic) bond motifs is 3. The van der Waals surface area contributed by atoms with E-state index < -0.39 is 8.24 Å². The van der Waals surface area contributed by atoms with Gasteiger partial charge in [-0.1, -0.05) is 81.9 Å². The normalized spacial score (nSPS) is 27.3. The van der Waals surface area contributed by atoms with Crippen LogP contribution in [0.2, 0.25) is 18.6 Å². The molecule has 0 amide bonds. The van der Waals surface area contributed by atoms with E-state index in [1.807, 2.05) is 0 Å². The van der Waals surface area contributed by atoms with Gasteiger partial charge in [-0.2, -0.15) is 0 Å². The van der Waals surface area contributed by atoms with E-state index in [-0.39, 0.29) is 0 Å². The van der Waals surface area contributed by atoms with Crippen molar-refractivity contribution in [3.63, 3.8) is 0 Å². The molecule has 0 spiro atoms. The minimum atomic E-state index is -1.87. The van der Waals surface area contributed by atoms with Crippen molar-refractivity contribution >= 4 is 31.0 Å². The minimum absolute atomic E-state index is 0.633. The Labute approximate surface area is 182 Å². The van der Waals surface area contributed by atoms with Crippen molar-refractivity contribution in [1.82, 2.24) is 0 Å². The maximum Gasteiger partial charge on any atom is 0.160 e. The summed E-state index contributed by atoms with van der Waals surface area (Å²) in [5, 5.41) is 3.68. The molecule has 1 fully saturated rings. The van der Waals surface area contributed by atoms with E-state index in [1.54, 1.807) is 5.57 Å². The summed E-state index contributed by atoms with van der Waals surface area (Å²) in [4.78, 5) is 0. The summed E-state index contributed by atoms with van der Waals surface area (Å²) in [7, 11) is -1.87. The van der Waals surface area contributed by atoms with Crippen LogP contribution in [0.15, 0.2) is 72.3 Å². The second kappa shape index (κ2) is 7.16. The van der Waals surface area contributed by atoms with Crippen LogP contribution in [-0.2, 0) is 0 Å². The van der Waals surface area contributed by atoms with Crippen LogP contribution in [0.5, 0.6) is 0 Å². The summed E-state index contributed by atoms with van der Waals surface area (Å²) < 4.78 is 2.76. The smallest absolute Gasteiger partial charge is 0.160 e. The van der Waals surface area contributed by atoms with Gasteiger partial charge < -0.3 is 9.88 Å². The van der Waals surface area contributed by atoms with E-state index in [4.69, 9.17) is 0 Å². The summed E-state index contributed by atoms with van der Waals surface area (Å²) in [6, 6.07) is 17.7. The Kier molecular flexibility index (Phi) is 4.70. The van der Waals surface area contributed by atoms with E-state index in [9.17, 15) is 0 Å². The monoisotopic (exact) mass is 414 g/mol. The predicted molar refractivity (Wildman–Crippen MR) is 132 cm³/mol. The number of rotatable bonds is 3. The van der Waals surface area contributed by atoms with Crippen LogP contribution in [0.1, 0.15) is 27.2 Å². The highest BCUT2D eigenvalue weighted by atomic mass is 28.3. The summed E-state index contributed by atoms with van der Waals surface area (Å²) in [5.41, 5.74) is 7.58. The number of nitrogens with zero attached hydrogens (tertiary/aromatic N) is 1. The molecule has 1 heterocycles. The molecule has 1 N–H and O–H groups in total. The van der Waals surface area contributed by atoms with Crippen LogP contribution >= 0.6 is 0 Å². The molecule has 2 aromatic rings. The van der Waals surface area contributed by atoms with Crippen molar-refractivity contribution in [3.05, 3.63) is 72.3 Å². The molecule has 0 saturated heterocycles. The van der Waals surface area contributed by atoms with Gasteiger partial charge >= 0.3 is 0 Å². The molecule has 2 nitrogen and oxygen atoms in total. The highest BCUT2D eigenvalue weighted by Gasteiger charge is 2.53. The van der Waals surface area contributed by atoms with Gasteiger partial charge in [-0.05, 0) is 59.9 Å². The molecule has 156 valence electrons. The zero-order valence-electron chi connectivity index (χ0n) is 18.9. The molecule has 2 aliphatic carbocycles. The standard InChI is InChI=1S/C27H34N2Si/c1-18(2)20-11-10-12-21-26(17-19(3)27(20)21)30(4,5)29-24-15-8-6-13-22(24)28-23-14-7-9-16-25(23)29/h6-16,18-19,21,26-28H,17H2,1-5H3/t19-,21+,26?,27+/m0/s1. The van der Waals surface area contributed by atoms with Crippen LogP contribution < -0.4 is 9.88 Å². The number of anilines is 4. The fourth-order valence-electron chi connectivity index (χ4n) is 6.49. The Hall–Kier alpha value is -2.26. The molecule has 2 aromatic carbocycles. The first-order chi connectivity index (χ1) is 14.4. The predicted octanol–water partition coefficient (Wildman–Crippen LogP) is 7.88. The van der Waals surface area contributed by atoms with Crippen molar-refractivity contribution in [2.75, 3.05) is 9.88 Å². The van der Waals surface area contributed by atoms with Gasteiger partial charge in [0, 0.05) is 0 Å². The SMILES string of the molecule is CC(C)C1=CC=C[C@@H]2C([Si](C)(C)N3c4ccccc4Nc4ccccc43)C[C@H](C)[C@H]12. The van der Waals surface area contributed by atoms with Gasteiger partial charge in [-0.15, -0.1) is 0 Å². The Morgan fingerprint density at radius 2 is 1.57 bits per heavy atom. The largest absolute Gasteiger partial charge is 0.366 e. The second-order valence-electron chi connectivity index (χ2n) is 10.3. The van der Waals surface area contributed by atoms with Crippen LogP contribution in [0, 0.1) is 23.7 Å². The fraction of sp³-hybridized carbons (Fsp3) is 0.407. The molecule has 3 heteroatoms. The molecule has 0 aromatic heterocycles. The molecule has 0 radical (unpaired) electrons. The van der Waals surface area contributed by atoms with E-state index in [0.29, 0.717) is 17.8 Å². The van der Waals surface area contributed by atoms with Crippen LogP contribution in [0.3, 0.4) is 0 Å². The fourth-order valence-corrected chi connectivity index (χ4v) is 10.7. The lowest BCUT2D eigenvalue weighted by Gasteiger charge is -2.48. The van der Waals surface area contributed by atoms with Crippen molar-refractivity contribution in [1.29, 1.82) is 0 Å². The van der Waals surface area contributed by atoms with Crippen molar-refractivity contribution in [3.8, 4) is 0 Å². The maximum absolute atomic E-state index is 3.68. The quantitative estimate of drug-likeness (QED) is 0.514.